The van der Waals surface area contributed by atoms with E-state index in [9.17, 15) is 14.7 Å². The first-order valence-corrected chi connectivity index (χ1v) is 9.60. The number of aromatic hydroxyl groups is 1. The van der Waals surface area contributed by atoms with Crippen LogP contribution in [0.15, 0.2) is 63.1 Å². The molecule has 30 heavy (non-hydrogen) atoms. The third-order valence-corrected chi connectivity index (χ3v) is 4.77. The van der Waals surface area contributed by atoms with Gasteiger partial charge in [0.25, 0.3) is 5.56 Å². The topological polar surface area (TPSA) is 99.9 Å². The lowest BCUT2D eigenvalue weighted by molar-refractivity contribution is 0.401. The molecule has 1 aromatic heterocycles. The maximum Gasteiger partial charge on any atom is 0.335 e. The second-order valence-corrected chi connectivity index (χ2v) is 6.45. The molecule has 0 saturated carbocycles. The van der Waals surface area contributed by atoms with E-state index in [2.05, 4.69) is 28.7 Å². The van der Waals surface area contributed by atoms with Gasteiger partial charge in [-0.2, -0.15) is 0 Å². The van der Waals surface area contributed by atoms with E-state index < -0.39 is 17.1 Å². The van der Waals surface area contributed by atoms with Gasteiger partial charge in [0.15, 0.2) is 0 Å². The molecule has 156 valence electrons. The van der Waals surface area contributed by atoms with Gasteiger partial charge in [0.05, 0.1) is 18.5 Å². The molecule has 0 unspecified atom stereocenters. The standard InChI is InChI=1S/C22H24N4O4/c1-4-25(5-2)16-12-10-15(11-13-16)23-14-17-20(27)24-22(29)26(21(17)28)18-8-6-7-9-19(18)30-3/h6-14,28H,4-5H2,1-3H3,(H,24,27,29). The molecule has 0 spiro atoms. The summed E-state index contributed by atoms with van der Waals surface area (Å²) in [5.41, 5.74) is 0.351. The highest BCUT2D eigenvalue weighted by atomic mass is 16.5. The number of rotatable bonds is 7. The zero-order valence-corrected chi connectivity index (χ0v) is 17.1. The number of para-hydroxylation sites is 2. The smallest absolute Gasteiger partial charge is 0.335 e. The van der Waals surface area contributed by atoms with Gasteiger partial charge >= 0.3 is 5.69 Å². The predicted octanol–water partition coefficient (Wildman–Crippen LogP) is 2.84. The summed E-state index contributed by atoms with van der Waals surface area (Å²) in [6.07, 6.45) is 1.24. The Balaban J connectivity index is 2.01. The Bertz CT molecular complexity index is 1160. The lowest BCUT2D eigenvalue weighted by Gasteiger charge is -2.20. The van der Waals surface area contributed by atoms with Crippen molar-refractivity contribution in [3.8, 4) is 17.3 Å². The number of anilines is 1. The minimum atomic E-state index is -0.775. The predicted molar refractivity (Wildman–Crippen MR) is 118 cm³/mol. The Morgan fingerprint density at radius 3 is 2.40 bits per heavy atom. The summed E-state index contributed by atoms with van der Waals surface area (Å²) in [5, 5.41) is 10.7. The number of hydrogen-bond donors (Lipinski definition) is 2. The minimum absolute atomic E-state index is 0.131. The molecule has 0 saturated heterocycles. The fourth-order valence-corrected chi connectivity index (χ4v) is 3.17. The summed E-state index contributed by atoms with van der Waals surface area (Å²) < 4.78 is 6.23. The summed E-state index contributed by atoms with van der Waals surface area (Å²) in [6, 6.07) is 14.2. The lowest BCUT2D eigenvalue weighted by atomic mass is 10.2. The van der Waals surface area contributed by atoms with Crippen molar-refractivity contribution < 1.29 is 9.84 Å². The Hall–Kier alpha value is -3.81. The average Bonchev–Trinajstić information content (AvgIpc) is 2.75. The van der Waals surface area contributed by atoms with Crippen molar-refractivity contribution in [3.05, 3.63) is 74.9 Å². The van der Waals surface area contributed by atoms with Gasteiger partial charge in [0, 0.05) is 25.0 Å². The number of aromatic nitrogens is 2. The highest BCUT2D eigenvalue weighted by Crippen LogP contribution is 2.25. The minimum Gasteiger partial charge on any atom is -0.495 e. The van der Waals surface area contributed by atoms with E-state index in [4.69, 9.17) is 4.74 Å². The van der Waals surface area contributed by atoms with E-state index >= 15 is 0 Å². The Morgan fingerprint density at radius 2 is 1.77 bits per heavy atom. The molecule has 0 amide bonds. The Morgan fingerprint density at radius 1 is 1.10 bits per heavy atom. The van der Waals surface area contributed by atoms with Gasteiger partial charge in [0.2, 0.25) is 5.88 Å². The molecule has 3 rings (SSSR count). The van der Waals surface area contributed by atoms with Gasteiger partial charge in [-0.3, -0.25) is 14.8 Å². The average molecular weight is 408 g/mol. The van der Waals surface area contributed by atoms with Gasteiger partial charge in [0.1, 0.15) is 11.3 Å². The van der Waals surface area contributed by atoms with E-state index in [0.29, 0.717) is 17.1 Å². The Labute approximate surface area is 173 Å². The number of nitrogens with one attached hydrogen (secondary N) is 1. The molecular weight excluding hydrogens is 384 g/mol. The highest BCUT2D eigenvalue weighted by molar-refractivity contribution is 5.84. The van der Waals surface area contributed by atoms with Gasteiger partial charge in [-0.15, -0.1) is 0 Å². The molecule has 2 N–H and O–H groups in total. The van der Waals surface area contributed by atoms with Crippen molar-refractivity contribution in [2.24, 2.45) is 4.99 Å². The van der Waals surface area contributed by atoms with Crippen LogP contribution in [-0.4, -0.2) is 41.1 Å². The molecule has 0 fully saturated rings. The van der Waals surface area contributed by atoms with Crippen LogP contribution in [0.2, 0.25) is 0 Å². The summed E-state index contributed by atoms with van der Waals surface area (Å²) in [4.78, 5) is 33.3. The van der Waals surface area contributed by atoms with Gasteiger partial charge in [-0.05, 0) is 50.2 Å². The molecule has 0 bridgehead atoms. The van der Waals surface area contributed by atoms with E-state index in [1.807, 2.05) is 24.3 Å². The normalized spacial score (nSPS) is 11.0. The molecule has 0 aliphatic carbocycles. The van der Waals surface area contributed by atoms with Gasteiger partial charge in [-0.1, -0.05) is 12.1 Å². The molecule has 0 atom stereocenters. The summed E-state index contributed by atoms with van der Waals surface area (Å²) in [7, 11) is 1.46. The molecule has 0 aliphatic rings. The van der Waals surface area contributed by atoms with Crippen molar-refractivity contribution in [2.75, 3.05) is 25.1 Å². The molecular formula is C22H24N4O4. The van der Waals surface area contributed by atoms with E-state index in [0.717, 1.165) is 23.3 Å². The van der Waals surface area contributed by atoms with Crippen LogP contribution in [0.5, 0.6) is 11.6 Å². The molecule has 3 aromatic rings. The highest BCUT2D eigenvalue weighted by Gasteiger charge is 2.16. The van der Waals surface area contributed by atoms with Crippen LogP contribution in [0.4, 0.5) is 11.4 Å². The first kappa shape index (κ1) is 20.9. The first-order chi connectivity index (χ1) is 14.5. The largest absolute Gasteiger partial charge is 0.495 e. The molecule has 1 heterocycles. The number of H-pyrrole nitrogens is 1. The molecule has 0 aliphatic heterocycles. The SMILES string of the molecule is CCN(CC)c1ccc(N=Cc2c(O)n(-c3ccccc3OC)c(=O)[nH]c2=O)cc1. The van der Waals surface area contributed by atoms with Crippen LogP contribution in [0, 0.1) is 0 Å². The first-order valence-electron chi connectivity index (χ1n) is 9.60. The number of benzene rings is 2. The number of ether oxygens (including phenoxy) is 1. The molecule has 8 nitrogen and oxygen atoms in total. The third kappa shape index (κ3) is 4.12. The van der Waals surface area contributed by atoms with Crippen molar-refractivity contribution in [3.63, 3.8) is 0 Å². The van der Waals surface area contributed by atoms with Crippen LogP contribution in [0.25, 0.3) is 5.69 Å². The number of methoxy groups -OCH3 is 1. The second-order valence-electron chi connectivity index (χ2n) is 6.45. The number of aliphatic imine (C=N–C) groups is 1. The van der Waals surface area contributed by atoms with Crippen molar-refractivity contribution in [1.82, 2.24) is 9.55 Å². The van der Waals surface area contributed by atoms with E-state index in [1.165, 1.54) is 13.3 Å². The van der Waals surface area contributed by atoms with Crippen molar-refractivity contribution in [2.45, 2.75) is 13.8 Å². The van der Waals surface area contributed by atoms with Gasteiger partial charge < -0.3 is 14.7 Å². The number of aromatic amines is 1. The quantitative estimate of drug-likeness (QED) is 0.586. The van der Waals surface area contributed by atoms with Crippen LogP contribution in [0.1, 0.15) is 19.4 Å². The van der Waals surface area contributed by atoms with Crippen LogP contribution in [0.3, 0.4) is 0 Å². The zero-order chi connectivity index (χ0) is 21.7. The van der Waals surface area contributed by atoms with Crippen molar-refractivity contribution in [1.29, 1.82) is 0 Å². The zero-order valence-electron chi connectivity index (χ0n) is 17.1. The van der Waals surface area contributed by atoms with Crippen LogP contribution >= 0.6 is 0 Å². The third-order valence-electron chi connectivity index (χ3n) is 4.77. The summed E-state index contributed by atoms with van der Waals surface area (Å²) in [6.45, 7) is 5.96. The number of nitrogens with zero attached hydrogens (tertiary/aromatic N) is 3. The molecule has 8 heteroatoms. The van der Waals surface area contributed by atoms with Crippen molar-refractivity contribution >= 4 is 17.6 Å². The monoisotopic (exact) mass is 408 g/mol. The molecule has 2 aromatic carbocycles. The van der Waals surface area contributed by atoms with E-state index in [-0.39, 0.29) is 5.56 Å². The maximum atomic E-state index is 12.4. The second kappa shape index (κ2) is 9.13. The lowest BCUT2D eigenvalue weighted by Crippen LogP contribution is -2.31. The molecule has 0 radical (unpaired) electrons. The summed E-state index contributed by atoms with van der Waals surface area (Å²) >= 11 is 0. The van der Waals surface area contributed by atoms with E-state index in [1.54, 1.807) is 24.3 Å². The fraction of sp³-hybridized carbons (Fsp3) is 0.227. The summed E-state index contributed by atoms with van der Waals surface area (Å²) in [5.74, 6) is -0.145. The van der Waals surface area contributed by atoms with Gasteiger partial charge in [-0.25, -0.2) is 9.36 Å². The van der Waals surface area contributed by atoms with Crippen LogP contribution < -0.4 is 20.9 Å². The Kier molecular flexibility index (Phi) is 6.36. The van der Waals surface area contributed by atoms with Crippen LogP contribution in [-0.2, 0) is 0 Å². The fourth-order valence-electron chi connectivity index (χ4n) is 3.17. The number of hydrogen-bond acceptors (Lipinski definition) is 6. The maximum absolute atomic E-state index is 12.4.